The molecule has 0 aromatic heterocycles. The van der Waals surface area contributed by atoms with Crippen LogP contribution in [0.2, 0.25) is 5.02 Å². The van der Waals surface area contributed by atoms with Crippen LogP contribution in [0, 0.1) is 5.82 Å². The number of carboxylic acids is 1. The fraction of sp³-hybridized carbons (Fsp3) is 0.385. The highest BCUT2D eigenvalue weighted by molar-refractivity contribution is 9.10. The summed E-state index contributed by atoms with van der Waals surface area (Å²) in [6.07, 6.45) is -0.163. The number of nitrogens with zero attached hydrogens (tertiary/aromatic N) is 1. The van der Waals surface area contributed by atoms with E-state index in [0.29, 0.717) is 4.47 Å². The summed E-state index contributed by atoms with van der Waals surface area (Å²) < 4.78 is 13.4. The molecule has 2 N–H and O–H groups in total. The molecular formula is C13H15BrClFN2O3. The molecule has 1 aromatic rings. The average Bonchev–Trinajstić information content (AvgIpc) is 2.33. The summed E-state index contributed by atoms with van der Waals surface area (Å²) >= 11 is 9.02. The first kappa shape index (κ1) is 17.7. The smallest absolute Gasteiger partial charge is 0.322 e. The highest BCUT2D eigenvalue weighted by atomic mass is 79.9. The normalized spacial score (nSPS) is 10.6. The van der Waals surface area contributed by atoms with Crippen LogP contribution in [0.15, 0.2) is 16.6 Å². The molecule has 0 spiro atoms. The van der Waals surface area contributed by atoms with Gasteiger partial charge in [0, 0.05) is 17.1 Å². The molecule has 0 radical (unpaired) electrons. The molecule has 1 rings (SSSR count). The maximum atomic E-state index is 13.1. The van der Waals surface area contributed by atoms with E-state index in [1.807, 2.05) is 0 Å². The standard InChI is InChI=1S/C13H15BrClFN2O3/c1-7(2)18(4-3-11(19)20)13(21)17-12-9(14)5-8(16)6-10(12)15/h5-7H,3-4H2,1-2H3,(H,17,21)(H,19,20). The molecule has 0 aliphatic carbocycles. The van der Waals surface area contributed by atoms with Gasteiger partial charge in [0.2, 0.25) is 0 Å². The third-order valence-corrected chi connectivity index (χ3v) is 3.61. The van der Waals surface area contributed by atoms with E-state index in [0.717, 1.165) is 6.07 Å². The summed E-state index contributed by atoms with van der Waals surface area (Å²) in [6, 6.07) is 1.57. The highest BCUT2D eigenvalue weighted by Gasteiger charge is 2.20. The monoisotopic (exact) mass is 380 g/mol. The molecule has 5 nitrogen and oxygen atoms in total. The molecule has 0 heterocycles. The quantitative estimate of drug-likeness (QED) is 0.811. The third-order valence-electron chi connectivity index (χ3n) is 2.69. The Morgan fingerprint density at radius 3 is 2.57 bits per heavy atom. The van der Waals surface area contributed by atoms with Gasteiger partial charge in [0.1, 0.15) is 5.82 Å². The van der Waals surface area contributed by atoms with Crippen LogP contribution in [-0.2, 0) is 4.79 Å². The molecule has 0 atom stereocenters. The second-order valence-corrected chi connectivity index (χ2v) is 5.87. The molecule has 0 saturated carbocycles. The lowest BCUT2D eigenvalue weighted by atomic mass is 10.3. The molecule has 1 aromatic carbocycles. The van der Waals surface area contributed by atoms with Gasteiger partial charge in [-0.2, -0.15) is 0 Å². The number of nitrogens with one attached hydrogen (secondary N) is 1. The van der Waals surface area contributed by atoms with E-state index in [-0.39, 0.29) is 29.7 Å². The zero-order valence-corrected chi connectivity index (χ0v) is 13.8. The minimum absolute atomic E-state index is 0.0529. The van der Waals surface area contributed by atoms with Crippen molar-refractivity contribution in [2.24, 2.45) is 0 Å². The first-order valence-electron chi connectivity index (χ1n) is 6.16. The summed E-state index contributed by atoms with van der Waals surface area (Å²) in [5, 5.41) is 11.3. The van der Waals surface area contributed by atoms with Crippen LogP contribution in [0.4, 0.5) is 14.9 Å². The number of hydrogen-bond acceptors (Lipinski definition) is 2. The number of amides is 2. The van der Waals surface area contributed by atoms with Crippen LogP contribution in [0.1, 0.15) is 20.3 Å². The van der Waals surface area contributed by atoms with Gasteiger partial charge in [-0.05, 0) is 41.9 Å². The van der Waals surface area contributed by atoms with E-state index >= 15 is 0 Å². The third kappa shape index (κ3) is 5.17. The minimum Gasteiger partial charge on any atom is -0.481 e. The van der Waals surface area contributed by atoms with E-state index in [9.17, 15) is 14.0 Å². The van der Waals surface area contributed by atoms with Gasteiger partial charge in [0.05, 0.1) is 17.1 Å². The molecule has 8 heteroatoms. The van der Waals surface area contributed by atoms with Gasteiger partial charge in [0.15, 0.2) is 0 Å². The Balaban J connectivity index is 2.89. The van der Waals surface area contributed by atoms with Gasteiger partial charge in [-0.1, -0.05) is 11.6 Å². The van der Waals surface area contributed by atoms with Crippen molar-refractivity contribution in [1.29, 1.82) is 0 Å². The zero-order valence-electron chi connectivity index (χ0n) is 11.5. The number of anilines is 1. The molecule has 0 fully saturated rings. The maximum Gasteiger partial charge on any atom is 0.322 e. The van der Waals surface area contributed by atoms with E-state index in [1.54, 1.807) is 13.8 Å². The van der Waals surface area contributed by atoms with E-state index in [1.165, 1.54) is 11.0 Å². The van der Waals surface area contributed by atoms with Crippen LogP contribution >= 0.6 is 27.5 Å². The summed E-state index contributed by atoms with van der Waals surface area (Å²) in [7, 11) is 0. The lowest BCUT2D eigenvalue weighted by Gasteiger charge is -2.26. The Kier molecular flexibility index (Phi) is 6.42. The van der Waals surface area contributed by atoms with Gasteiger partial charge in [-0.15, -0.1) is 0 Å². The van der Waals surface area contributed by atoms with Gasteiger partial charge in [0.25, 0.3) is 0 Å². The van der Waals surface area contributed by atoms with Gasteiger partial charge in [-0.3, -0.25) is 4.79 Å². The average molecular weight is 382 g/mol. The lowest BCUT2D eigenvalue weighted by molar-refractivity contribution is -0.137. The highest BCUT2D eigenvalue weighted by Crippen LogP contribution is 2.32. The number of urea groups is 1. The summed E-state index contributed by atoms with van der Waals surface area (Å²) in [6.45, 7) is 3.60. The molecule has 116 valence electrons. The topological polar surface area (TPSA) is 69.6 Å². The van der Waals surface area contributed by atoms with Crippen LogP contribution < -0.4 is 5.32 Å². The number of hydrogen-bond donors (Lipinski definition) is 2. The number of carbonyl (C=O) groups is 2. The molecule has 0 unspecified atom stereocenters. The molecular weight excluding hydrogens is 367 g/mol. The Hall–Kier alpha value is -1.34. The van der Waals surface area contributed by atoms with E-state index in [2.05, 4.69) is 21.2 Å². The number of benzene rings is 1. The molecule has 0 aliphatic rings. The number of carbonyl (C=O) groups excluding carboxylic acids is 1. The SMILES string of the molecule is CC(C)N(CCC(=O)O)C(=O)Nc1c(Cl)cc(F)cc1Br. The van der Waals surface area contributed by atoms with Crippen molar-refractivity contribution in [1.82, 2.24) is 4.90 Å². The molecule has 21 heavy (non-hydrogen) atoms. The van der Waals surface area contributed by atoms with Crippen molar-refractivity contribution in [3.05, 3.63) is 27.4 Å². The molecule has 0 aliphatic heterocycles. The Bertz CT molecular complexity index is 531. The fourth-order valence-corrected chi connectivity index (χ4v) is 2.55. The predicted molar refractivity (Wildman–Crippen MR) is 82.2 cm³/mol. The lowest BCUT2D eigenvalue weighted by Crippen LogP contribution is -2.41. The summed E-state index contributed by atoms with van der Waals surface area (Å²) in [5.74, 6) is -1.52. The number of carboxylic acid groups (broad SMARTS) is 1. The Morgan fingerprint density at radius 1 is 1.48 bits per heavy atom. The molecule has 0 saturated heterocycles. The minimum atomic E-state index is -0.991. The van der Waals surface area contributed by atoms with Crippen molar-refractivity contribution in [2.45, 2.75) is 26.3 Å². The first-order chi connectivity index (χ1) is 9.72. The van der Waals surface area contributed by atoms with Crippen molar-refractivity contribution in [2.75, 3.05) is 11.9 Å². The van der Waals surface area contributed by atoms with E-state index in [4.69, 9.17) is 16.7 Å². The Morgan fingerprint density at radius 2 is 2.10 bits per heavy atom. The number of aliphatic carboxylic acids is 1. The summed E-state index contributed by atoms with van der Waals surface area (Å²) in [4.78, 5) is 24.2. The van der Waals surface area contributed by atoms with Crippen molar-refractivity contribution >= 4 is 45.2 Å². The van der Waals surface area contributed by atoms with Crippen LogP contribution in [-0.4, -0.2) is 34.6 Å². The maximum absolute atomic E-state index is 13.1. The number of rotatable bonds is 5. The van der Waals surface area contributed by atoms with Gasteiger partial charge < -0.3 is 15.3 Å². The second-order valence-electron chi connectivity index (χ2n) is 4.61. The van der Waals surface area contributed by atoms with Crippen molar-refractivity contribution in [3.8, 4) is 0 Å². The van der Waals surface area contributed by atoms with Crippen molar-refractivity contribution < 1.29 is 19.1 Å². The Labute approximate surface area is 135 Å². The van der Waals surface area contributed by atoms with Crippen molar-refractivity contribution in [3.63, 3.8) is 0 Å². The largest absolute Gasteiger partial charge is 0.481 e. The van der Waals surface area contributed by atoms with Crippen LogP contribution in [0.25, 0.3) is 0 Å². The fourth-order valence-electron chi connectivity index (χ4n) is 1.65. The van der Waals surface area contributed by atoms with Gasteiger partial charge >= 0.3 is 12.0 Å². The summed E-state index contributed by atoms with van der Waals surface area (Å²) in [5.41, 5.74) is 0.240. The first-order valence-corrected chi connectivity index (χ1v) is 7.33. The predicted octanol–water partition coefficient (Wildman–Crippen LogP) is 3.96. The molecule has 2 amide bonds. The molecule has 0 bridgehead atoms. The van der Waals surface area contributed by atoms with Crippen LogP contribution in [0.5, 0.6) is 0 Å². The zero-order chi connectivity index (χ0) is 16.2. The van der Waals surface area contributed by atoms with Crippen LogP contribution in [0.3, 0.4) is 0 Å². The number of halogens is 3. The van der Waals surface area contributed by atoms with Gasteiger partial charge in [-0.25, -0.2) is 9.18 Å². The van der Waals surface area contributed by atoms with E-state index < -0.39 is 17.8 Å². The second kappa shape index (κ2) is 7.61.